The van der Waals surface area contributed by atoms with Gasteiger partial charge in [0.1, 0.15) is 41.7 Å². The van der Waals surface area contributed by atoms with Gasteiger partial charge in [-0.25, -0.2) is 9.18 Å². The number of Topliss-reactive ketones (excluding diaryl/α,β-unsaturated/α-hetero) is 2. The van der Waals surface area contributed by atoms with Gasteiger partial charge in [0, 0.05) is 58.1 Å². The lowest BCUT2D eigenvalue weighted by Crippen LogP contribution is -2.64. The van der Waals surface area contributed by atoms with Crippen LogP contribution in [0.1, 0.15) is 124 Å². The minimum absolute atomic E-state index is 0.00804. The third kappa shape index (κ3) is 13.4. The quantitative estimate of drug-likeness (QED) is 0.126. The Morgan fingerprint density at radius 1 is 0.926 bits per heavy atom. The standard InChI is InChI=1S/C52H78FNO14/c1-11-35-19-29(2)18-30(3)20-45(64-9)48-46(65-10)22-32(5)52(61,68-48)49(58)50(59)54-17-13-12-14-39(54)51(60)67-47(33(6)40(55)27-41(35)56)31(4)21-34-15-16-43(44(23-34)63-8)66-28-42(57)36-24-37(53)26-38(25-36)62-7/h19,21,24-26,30,32-35,39-40,42-48,55,57,61H,11-18,20,22-23,27-28H2,1-10H3/b29-19+,31-21?. The lowest BCUT2D eigenvalue weighted by molar-refractivity contribution is -0.302. The Morgan fingerprint density at radius 3 is 2.28 bits per heavy atom. The summed E-state index contributed by atoms with van der Waals surface area (Å²) in [5.41, 5.74) is 1.91. The lowest BCUT2D eigenvalue weighted by Gasteiger charge is -2.47. The number of hydrogen-bond donors (Lipinski definition) is 3. The van der Waals surface area contributed by atoms with Gasteiger partial charge >= 0.3 is 5.97 Å². The molecule has 3 N–H and O–H groups in total. The van der Waals surface area contributed by atoms with Crippen molar-refractivity contribution in [1.29, 1.82) is 0 Å². The maximum atomic E-state index is 14.5. The van der Waals surface area contributed by atoms with Gasteiger partial charge in [-0.05, 0) is 113 Å². The molecule has 3 heterocycles. The van der Waals surface area contributed by atoms with E-state index in [0.29, 0.717) is 62.5 Å². The van der Waals surface area contributed by atoms with Gasteiger partial charge in [0.05, 0.1) is 44.2 Å². The first-order valence-corrected chi connectivity index (χ1v) is 24.5. The average Bonchev–Trinajstić information content (AvgIpc) is 3.32. The first-order chi connectivity index (χ1) is 32.3. The van der Waals surface area contributed by atoms with Crippen LogP contribution in [-0.4, -0.2) is 140 Å². The highest BCUT2D eigenvalue weighted by atomic mass is 19.1. The second-order valence-electron chi connectivity index (χ2n) is 19.9. The topological polar surface area (TPSA) is 197 Å². The second-order valence-corrected chi connectivity index (χ2v) is 19.9. The van der Waals surface area contributed by atoms with Gasteiger partial charge in [-0.2, -0.15) is 0 Å². The number of carbonyl (C=O) groups is 4. The molecule has 1 aromatic carbocycles. The minimum Gasteiger partial charge on any atom is -0.497 e. The highest BCUT2D eigenvalue weighted by molar-refractivity contribution is 6.39. The van der Waals surface area contributed by atoms with Crippen LogP contribution in [0.5, 0.6) is 5.75 Å². The summed E-state index contributed by atoms with van der Waals surface area (Å²) in [6.45, 7) is 11.1. The van der Waals surface area contributed by atoms with Crippen molar-refractivity contribution in [3.8, 4) is 5.75 Å². The van der Waals surface area contributed by atoms with Crippen LogP contribution in [0.2, 0.25) is 0 Å². The van der Waals surface area contributed by atoms with Crippen molar-refractivity contribution in [2.24, 2.45) is 29.6 Å². The molecule has 1 amide bonds. The van der Waals surface area contributed by atoms with E-state index in [1.54, 1.807) is 27.0 Å². The Labute approximate surface area is 402 Å². The summed E-state index contributed by atoms with van der Waals surface area (Å²) in [5, 5.41) is 34.8. The summed E-state index contributed by atoms with van der Waals surface area (Å²) < 4.78 is 55.8. The molecule has 1 aromatic rings. The second kappa shape index (κ2) is 25.0. The number of cyclic esters (lactones) is 1. The number of amides is 1. The van der Waals surface area contributed by atoms with E-state index in [1.165, 1.54) is 38.4 Å². The summed E-state index contributed by atoms with van der Waals surface area (Å²) in [6.07, 6.45) is 2.23. The van der Waals surface area contributed by atoms with Crippen LogP contribution in [-0.2, 0) is 47.6 Å². The number of aliphatic hydroxyl groups is 3. The van der Waals surface area contributed by atoms with Crippen molar-refractivity contribution in [2.45, 2.75) is 173 Å². The minimum atomic E-state index is -2.54. The first kappa shape index (κ1) is 55.3. The number of nitrogens with zero attached hydrogens (tertiary/aromatic N) is 1. The fraction of sp³-hybridized carbons (Fsp3) is 0.731. The van der Waals surface area contributed by atoms with E-state index in [4.69, 9.17) is 33.2 Å². The van der Waals surface area contributed by atoms with Crippen molar-refractivity contribution in [1.82, 2.24) is 4.90 Å². The number of ketones is 2. The number of carbonyl (C=O) groups excluding carboxylic acids is 4. The monoisotopic (exact) mass is 960 g/mol. The molecule has 3 aliphatic heterocycles. The van der Waals surface area contributed by atoms with E-state index in [1.807, 2.05) is 39.8 Å². The smallest absolute Gasteiger partial charge is 0.329 e. The number of piperidine rings is 1. The van der Waals surface area contributed by atoms with Crippen LogP contribution in [0.4, 0.5) is 4.39 Å². The van der Waals surface area contributed by atoms with Crippen molar-refractivity contribution in [3.63, 3.8) is 0 Å². The van der Waals surface area contributed by atoms with Crippen LogP contribution in [0, 0.1) is 35.4 Å². The van der Waals surface area contributed by atoms with E-state index >= 15 is 0 Å². The summed E-state index contributed by atoms with van der Waals surface area (Å²) in [6, 6.07) is 2.83. The Balaban J connectivity index is 1.44. The van der Waals surface area contributed by atoms with Crippen LogP contribution >= 0.6 is 0 Å². The summed E-state index contributed by atoms with van der Waals surface area (Å²) in [4.78, 5) is 58.4. The number of methoxy groups -OCH3 is 4. The Hall–Kier alpha value is -3.61. The molecule has 15 unspecified atom stereocenters. The van der Waals surface area contributed by atoms with E-state index < -0.39 is 89.7 Å². The first-order valence-electron chi connectivity index (χ1n) is 24.5. The third-order valence-corrected chi connectivity index (χ3v) is 14.8. The van der Waals surface area contributed by atoms with Crippen molar-refractivity contribution in [3.05, 3.63) is 52.9 Å². The van der Waals surface area contributed by atoms with Crippen molar-refractivity contribution >= 4 is 23.4 Å². The van der Waals surface area contributed by atoms with Gasteiger partial charge in [-0.1, -0.05) is 45.4 Å². The number of allylic oxidation sites excluding steroid dienone is 3. The van der Waals surface area contributed by atoms with Gasteiger partial charge in [-0.15, -0.1) is 0 Å². The zero-order chi connectivity index (χ0) is 50.0. The number of aliphatic hydroxyl groups excluding tert-OH is 2. The summed E-state index contributed by atoms with van der Waals surface area (Å²) >= 11 is 0. The van der Waals surface area contributed by atoms with Crippen LogP contribution in [0.15, 0.2) is 41.5 Å². The molecule has 4 aliphatic rings. The van der Waals surface area contributed by atoms with E-state index in [2.05, 4.69) is 0 Å². The molecule has 0 radical (unpaired) electrons. The maximum absolute atomic E-state index is 14.5. The highest BCUT2D eigenvalue weighted by Crippen LogP contribution is 2.40. The maximum Gasteiger partial charge on any atom is 0.329 e. The van der Waals surface area contributed by atoms with Crippen LogP contribution in [0.25, 0.3) is 0 Å². The molecular formula is C52H78FNO14. The molecule has 68 heavy (non-hydrogen) atoms. The van der Waals surface area contributed by atoms with Gasteiger partial charge < -0.3 is 53.4 Å². The molecule has 382 valence electrons. The molecule has 15 nitrogen and oxygen atoms in total. The SMILES string of the molecule is CCC1/C=C(\C)CC(C)CC(OC)C2OC(O)(C(=O)C(=O)N3CCCCC3C(=O)OC(C(C)=CC3CCC(OCC(O)c4cc(F)cc(OC)c4)C(OC)C3)C(C)C(O)CC1=O)C(C)CC2OC. The number of ether oxygens (including phenoxy) is 7. The summed E-state index contributed by atoms with van der Waals surface area (Å²) in [7, 11) is 6.04. The number of hydrogen-bond acceptors (Lipinski definition) is 14. The predicted octanol–water partition coefficient (Wildman–Crippen LogP) is 6.38. The zero-order valence-electron chi connectivity index (χ0n) is 41.8. The van der Waals surface area contributed by atoms with Crippen LogP contribution in [0.3, 0.4) is 0 Å². The van der Waals surface area contributed by atoms with E-state index in [9.17, 15) is 38.9 Å². The summed E-state index contributed by atoms with van der Waals surface area (Å²) in [5.74, 6) is -8.16. The van der Waals surface area contributed by atoms with E-state index in [-0.39, 0.29) is 68.0 Å². The van der Waals surface area contributed by atoms with Crippen LogP contribution < -0.4 is 4.74 Å². The normalized spacial score (nSPS) is 36.7. The highest BCUT2D eigenvalue weighted by Gasteiger charge is 2.56. The number of halogens is 1. The Bertz CT molecular complexity index is 1940. The predicted molar refractivity (Wildman–Crippen MR) is 250 cm³/mol. The molecule has 15 atom stereocenters. The lowest BCUT2D eigenvalue weighted by atomic mass is 9.81. The van der Waals surface area contributed by atoms with Crippen molar-refractivity contribution < 1.29 is 72.0 Å². The Morgan fingerprint density at radius 2 is 1.62 bits per heavy atom. The number of rotatable bonds is 11. The van der Waals surface area contributed by atoms with Gasteiger partial charge in [0.2, 0.25) is 5.79 Å². The molecule has 0 spiro atoms. The number of benzene rings is 1. The molecule has 3 fully saturated rings. The third-order valence-electron chi connectivity index (χ3n) is 14.8. The van der Waals surface area contributed by atoms with Gasteiger partial charge in [-0.3, -0.25) is 14.4 Å². The molecule has 5 rings (SSSR count). The van der Waals surface area contributed by atoms with Crippen molar-refractivity contribution in [2.75, 3.05) is 41.6 Å². The average molecular weight is 960 g/mol. The Kier molecular flexibility index (Phi) is 20.3. The number of fused-ring (bicyclic) bond motifs is 3. The van der Waals surface area contributed by atoms with E-state index in [0.717, 1.165) is 5.57 Å². The molecule has 1 aliphatic carbocycles. The number of esters is 1. The fourth-order valence-corrected chi connectivity index (χ4v) is 10.8. The zero-order valence-corrected chi connectivity index (χ0v) is 41.8. The fourth-order valence-electron chi connectivity index (χ4n) is 10.8. The molecule has 2 saturated heterocycles. The molecule has 2 bridgehead atoms. The molecule has 16 heteroatoms. The van der Waals surface area contributed by atoms with Gasteiger partial charge in [0.25, 0.3) is 11.7 Å². The molecular weight excluding hydrogens is 882 g/mol. The molecule has 0 aromatic heterocycles. The van der Waals surface area contributed by atoms with Gasteiger partial charge in [0.15, 0.2) is 0 Å². The largest absolute Gasteiger partial charge is 0.497 e. The molecule has 1 saturated carbocycles.